The molecule has 15 nitrogen and oxygen atoms in total. The lowest BCUT2D eigenvalue weighted by molar-refractivity contribution is -0.121. The van der Waals surface area contributed by atoms with Gasteiger partial charge in [0, 0.05) is 52.0 Å². The van der Waals surface area contributed by atoms with Crippen LogP contribution in [0.1, 0.15) is 56.8 Å². The number of aromatic nitrogens is 4. The van der Waals surface area contributed by atoms with E-state index in [-0.39, 0.29) is 29.7 Å². The van der Waals surface area contributed by atoms with Crippen LogP contribution >= 0.6 is 54.5 Å². The van der Waals surface area contributed by atoms with Crippen molar-refractivity contribution in [3.63, 3.8) is 0 Å². The molecule has 7 rings (SSSR count). The summed E-state index contributed by atoms with van der Waals surface area (Å²) >= 11 is 9.42. The quantitative estimate of drug-likeness (QED) is 0.0323. The first-order valence-electron chi connectivity index (χ1n) is 22.2. The molecule has 3 heterocycles. The van der Waals surface area contributed by atoms with E-state index in [0.29, 0.717) is 107 Å². The van der Waals surface area contributed by atoms with Crippen molar-refractivity contribution < 1.29 is 33.3 Å². The summed E-state index contributed by atoms with van der Waals surface area (Å²) in [6.07, 6.45) is 3.17. The lowest BCUT2D eigenvalue weighted by atomic mass is 10.0. The molecule has 68 heavy (non-hydrogen) atoms. The Balaban J connectivity index is 0.702. The van der Waals surface area contributed by atoms with Crippen LogP contribution in [0.4, 0.5) is 5.69 Å². The highest BCUT2D eigenvalue weighted by Crippen LogP contribution is 2.38. The van der Waals surface area contributed by atoms with Crippen LogP contribution in [-0.4, -0.2) is 96.6 Å². The molecule has 0 spiro atoms. The zero-order valence-electron chi connectivity index (χ0n) is 38.0. The average Bonchev–Trinajstić information content (AvgIpc) is 3.83. The number of hydrogen-bond donors (Lipinski definition) is 3. The minimum atomic E-state index is -0.275. The van der Waals surface area contributed by atoms with Gasteiger partial charge in [0.1, 0.15) is 12.4 Å². The molecule has 3 N–H and O–H groups in total. The average molecular weight is 1170 g/mol. The first-order valence-corrected chi connectivity index (χ1v) is 24.9. The van der Waals surface area contributed by atoms with Crippen molar-refractivity contribution in [3.05, 3.63) is 141 Å². The van der Waals surface area contributed by atoms with E-state index in [9.17, 15) is 19.2 Å². The molecule has 0 unspecified atom stereocenters. The number of carbonyl (C=O) groups excluding carboxylic acids is 3. The Kier molecular flexibility index (Phi) is 18.1. The molecule has 2 aromatic heterocycles. The molecule has 18 heteroatoms. The predicted molar refractivity (Wildman–Crippen MR) is 278 cm³/mol. The molecule has 0 radical (unpaired) electrons. The number of nitrogens with one attached hydrogen (secondary N) is 3. The number of hydrogen-bond acceptors (Lipinski definition) is 10. The molecular formula is C50H52Br2IN7O8. The second kappa shape index (κ2) is 24.3. The number of anilines is 1. The van der Waals surface area contributed by atoms with Gasteiger partial charge in [-0.3, -0.25) is 19.2 Å². The second-order valence-corrected chi connectivity index (χ2v) is 19.0. The smallest absolute Gasteiger partial charge is 0.295 e. The van der Waals surface area contributed by atoms with E-state index in [1.807, 2.05) is 93.6 Å². The van der Waals surface area contributed by atoms with Crippen LogP contribution in [-0.2, 0) is 36.8 Å². The third kappa shape index (κ3) is 13.3. The zero-order chi connectivity index (χ0) is 48.2. The van der Waals surface area contributed by atoms with Crippen LogP contribution in [0.5, 0.6) is 5.75 Å². The summed E-state index contributed by atoms with van der Waals surface area (Å²) in [4.78, 5) is 51.2. The van der Waals surface area contributed by atoms with Gasteiger partial charge in [-0.1, -0.05) is 29.8 Å². The van der Waals surface area contributed by atoms with Crippen molar-refractivity contribution in [1.29, 1.82) is 0 Å². The largest absolute Gasteiger partial charge is 0.489 e. The number of carbonyl (C=O) groups is 3. The standard InChI is InChI=1S/C50H52Br2IN7O8/c1-31-6-13-38(14-7-31)60-33(3)45-32(2)57-59(50(64)46(45)58-60)19-4-5-44(61)54-17-16-34-8-10-36(11-9-34)48(62)55-18-20-65-21-22-66-23-24-67-25-26-68-47-41(51)28-35(29-42(47)52)27-40-39-30-37(53)12-15-43(39)56-49(40)63/h6-15,27-30H,4-5,16-26H2,1-3H3,(H,54,61)(H,55,62)(H,56,63)/b40-27-. The summed E-state index contributed by atoms with van der Waals surface area (Å²) < 4.78 is 28.5. The Morgan fingerprint density at radius 2 is 1.47 bits per heavy atom. The second-order valence-electron chi connectivity index (χ2n) is 16.0. The van der Waals surface area contributed by atoms with Crippen LogP contribution in [0.2, 0.25) is 0 Å². The Labute approximate surface area is 424 Å². The van der Waals surface area contributed by atoms with Gasteiger partial charge in [0.05, 0.1) is 71.0 Å². The van der Waals surface area contributed by atoms with E-state index in [4.69, 9.17) is 18.9 Å². The fourth-order valence-corrected chi connectivity index (χ4v) is 9.52. The first-order chi connectivity index (χ1) is 32.9. The summed E-state index contributed by atoms with van der Waals surface area (Å²) in [7, 11) is 0. The molecule has 0 atom stereocenters. The Hall–Kier alpha value is -5.25. The van der Waals surface area contributed by atoms with Gasteiger partial charge in [0.25, 0.3) is 17.4 Å². The number of aryl methyl sites for hydroxylation is 4. The van der Waals surface area contributed by atoms with Gasteiger partial charge in [-0.25, -0.2) is 9.36 Å². The zero-order valence-corrected chi connectivity index (χ0v) is 43.3. The number of nitrogens with zero attached hydrogens (tertiary/aromatic N) is 4. The third-order valence-corrected chi connectivity index (χ3v) is 12.9. The molecule has 0 saturated carbocycles. The molecule has 1 aliphatic heterocycles. The van der Waals surface area contributed by atoms with Gasteiger partial charge in [-0.2, -0.15) is 10.2 Å². The molecule has 1 aliphatic rings. The summed E-state index contributed by atoms with van der Waals surface area (Å²) in [6.45, 7) is 9.54. The van der Waals surface area contributed by atoms with Gasteiger partial charge in [0.15, 0.2) is 5.52 Å². The van der Waals surface area contributed by atoms with Crippen molar-refractivity contribution in [3.8, 4) is 11.4 Å². The number of amides is 3. The van der Waals surface area contributed by atoms with E-state index in [2.05, 4.69) is 80.6 Å². The summed E-state index contributed by atoms with van der Waals surface area (Å²) in [5, 5.41) is 18.6. The van der Waals surface area contributed by atoms with Crippen molar-refractivity contribution in [2.24, 2.45) is 0 Å². The van der Waals surface area contributed by atoms with E-state index in [0.717, 1.165) is 57.2 Å². The first kappa shape index (κ1) is 50.6. The minimum Gasteiger partial charge on any atom is -0.489 e. The molecule has 0 fully saturated rings. The highest BCUT2D eigenvalue weighted by atomic mass is 127. The van der Waals surface area contributed by atoms with Crippen molar-refractivity contribution in [1.82, 2.24) is 30.2 Å². The van der Waals surface area contributed by atoms with Crippen LogP contribution in [0, 0.1) is 24.3 Å². The van der Waals surface area contributed by atoms with Gasteiger partial charge in [-0.15, -0.1) is 0 Å². The highest BCUT2D eigenvalue weighted by molar-refractivity contribution is 14.1. The van der Waals surface area contributed by atoms with Crippen LogP contribution in [0.15, 0.2) is 92.6 Å². The molecule has 0 aliphatic carbocycles. The lowest BCUT2D eigenvalue weighted by Gasteiger charge is -2.12. The Morgan fingerprint density at radius 1 is 0.794 bits per heavy atom. The number of halogens is 3. The third-order valence-electron chi connectivity index (χ3n) is 11.0. The van der Waals surface area contributed by atoms with E-state index < -0.39 is 0 Å². The molecule has 0 bridgehead atoms. The van der Waals surface area contributed by atoms with Crippen LogP contribution in [0.25, 0.3) is 28.2 Å². The minimum absolute atomic E-state index is 0.108. The fourth-order valence-electron chi connectivity index (χ4n) is 7.57. The highest BCUT2D eigenvalue weighted by Gasteiger charge is 2.25. The molecule has 3 amide bonds. The van der Waals surface area contributed by atoms with Gasteiger partial charge < -0.3 is 34.9 Å². The normalized spacial score (nSPS) is 12.7. The predicted octanol–water partition coefficient (Wildman–Crippen LogP) is 8.13. The monoisotopic (exact) mass is 1160 g/mol. The SMILES string of the molecule is Cc1ccc(-n2nc3c(=O)n(CCCC(=O)NCCc4ccc(C(=O)NCCOCCOCCOCCOc5c(Br)cc(/C=C6\C(=O)Nc7ccc(I)cc76)cc5Br)cc4)nc(C)c3c2C)cc1. The topological polar surface area (TPSA) is 177 Å². The summed E-state index contributed by atoms with van der Waals surface area (Å²) in [5.41, 5.74) is 8.34. The lowest BCUT2D eigenvalue weighted by Crippen LogP contribution is -2.28. The molecule has 0 saturated heterocycles. The Bertz CT molecular complexity index is 2840. The number of benzene rings is 4. The molecule has 356 valence electrons. The fraction of sp³-hybridized carbons (Fsp3) is 0.320. The van der Waals surface area contributed by atoms with Crippen molar-refractivity contribution in [2.75, 3.05) is 64.7 Å². The maximum atomic E-state index is 13.3. The number of rotatable bonds is 23. The van der Waals surface area contributed by atoms with E-state index >= 15 is 0 Å². The molecule has 4 aromatic carbocycles. The summed E-state index contributed by atoms with van der Waals surface area (Å²) in [6, 6.07) is 24.9. The summed E-state index contributed by atoms with van der Waals surface area (Å²) in [5.74, 6) is 0.201. The van der Waals surface area contributed by atoms with Gasteiger partial charge in [-0.05, 0) is 160 Å². The van der Waals surface area contributed by atoms with Crippen LogP contribution < -0.4 is 26.2 Å². The van der Waals surface area contributed by atoms with Gasteiger partial charge in [0.2, 0.25) is 5.91 Å². The number of fused-ring (bicyclic) bond motifs is 2. The number of ether oxygens (including phenoxy) is 4. The maximum absolute atomic E-state index is 13.3. The van der Waals surface area contributed by atoms with Crippen molar-refractivity contribution >= 4 is 100 Å². The van der Waals surface area contributed by atoms with Gasteiger partial charge >= 0.3 is 0 Å². The van der Waals surface area contributed by atoms with Crippen LogP contribution in [0.3, 0.4) is 0 Å². The maximum Gasteiger partial charge on any atom is 0.295 e. The van der Waals surface area contributed by atoms with E-state index in [1.165, 1.54) is 4.68 Å². The molecule has 6 aromatic rings. The Morgan fingerprint density at radius 3 is 2.18 bits per heavy atom. The van der Waals surface area contributed by atoms with Crippen molar-refractivity contribution in [2.45, 2.75) is 46.6 Å². The molecular weight excluding hydrogens is 1110 g/mol. The van der Waals surface area contributed by atoms with E-state index in [1.54, 1.807) is 16.8 Å².